The molecule has 1 heterocycles. The molecule has 0 bridgehead atoms. The molecule has 2 amide bonds. The molecule has 1 aromatic heterocycles. The third-order valence-corrected chi connectivity index (χ3v) is 4.63. The van der Waals surface area contributed by atoms with Gasteiger partial charge in [-0.05, 0) is 37.5 Å². The largest absolute Gasteiger partial charge is 0.354 e. The number of nitrogens with one attached hydrogen (secondary N) is 2. The second-order valence-electron chi connectivity index (χ2n) is 6.07. The van der Waals surface area contributed by atoms with E-state index < -0.39 is 0 Å². The Kier molecular flexibility index (Phi) is 7.63. The van der Waals surface area contributed by atoms with Crippen LogP contribution in [-0.2, 0) is 4.79 Å². The van der Waals surface area contributed by atoms with Crippen molar-refractivity contribution in [3.8, 4) is 0 Å². The third kappa shape index (κ3) is 6.32. The standard InChI is InChI=1S/C19H25N3O2S/c1-22(2)17(15-7-4-3-5-8-15)13-21-18(23)9-6-11-20-19(24)16-10-12-25-14-16/h3-5,7-8,10,12,14,17H,6,9,11,13H2,1-2H3,(H,20,24)(H,21,23). The molecule has 1 unspecified atom stereocenters. The molecule has 2 rings (SSSR count). The Morgan fingerprint density at radius 1 is 1.12 bits per heavy atom. The topological polar surface area (TPSA) is 61.4 Å². The van der Waals surface area contributed by atoms with E-state index in [0.717, 1.165) is 0 Å². The Balaban J connectivity index is 1.68. The van der Waals surface area contributed by atoms with Crippen LogP contribution in [0.2, 0.25) is 0 Å². The van der Waals surface area contributed by atoms with Crippen molar-refractivity contribution < 1.29 is 9.59 Å². The first kappa shape index (κ1) is 19.1. The fourth-order valence-corrected chi connectivity index (χ4v) is 3.16. The highest BCUT2D eigenvalue weighted by molar-refractivity contribution is 7.08. The van der Waals surface area contributed by atoms with E-state index in [1.807, 2.05) is 43.1 Å². The average molecular weight is 359 g/mol. The summed E-state index contributed by atoms with van der Waals surface area (Å²) in [6.45, 7) is 1.06. The van der Waals surface area contributed by atoms with Crippen LogP contribution in [0.3, 0.4) is 0 Å². The highest BCUT2D eigenvalue weighted by Crippen LogP contribution is 2.16. The SMILES string of the molecule is CN(C)C(CNC(=O)CCCNC(=O)c1ccsc1)c1ccccc1. The number of hydrogen-bond donors (Lipinski definition) is 2. The minimum absolute atomic E-state index is 0.00700. The van der Waals surface area contributed by atoms with E-state index in [9.17, 15) is 9.59 Å². The molecule has 0 aliphatic heterocycles. The minimum atomic E-state index is -0.0848. The summed E-state index contributed by atoms with van der Waals surface area (Å²) < 4.78 is 0. The summed E-state index contributed by atoms with van der Waals surface area (Å²) in [6, 6.07) is 12.1. The lowest BCUT2D eigenvalue weighted by Gasteiger charge is -2.25. The zero-order valence-electron chi connectivity index (χ0n) is 14.7. The first-order valence-electron chi connectivity index (χ1n) is 8.36. The van der Waals surface area contributed by atoms with Crippen molar-refractivity contribution in [2.75, 3.05) is 27.2 Å². The summed E-state index contributed by atoms with van der Waals surface area (Å²) in [5.41, 5.74) is 1.85. The summed E-state index contributed by atoms with van der Waals surface area (Å²) in [4.78, 5) is 25.9. The molecule has 0 aliphatic carbocycles. The quantitative estimate of drug-likeness (QED) is 0.677. The van der Waals surface area contributed by atoms with Crippen molar-refractivity contribution in [2.24, 2.45) is 0 Å². The van der Waals surface area contributed by atoms with Crippen molar-refractivity contribution in [3.05, 3.63) is 58.3 Å². The van der Waals surface area contributed by atoms with Crippen molar-refractivity contribution in [3.63, 3.8) is 0 Å². The van der Waals surface area contributed by atoms with Crippen LogP contribution >= 0.6 is 11.3 Å². The molecule has 1 aromatic carbocycles. The number of nitrogens with zero attached hydrogens (tertiary/aromatic N) is 1. The number of likely N-dealkylation sites (N-methyl/N-ethyl adjacent to an activating group) is 1. The Hall–Kier alpha value is -2.18. The van der Waals surface area contributed by atoms with Gasteiger partial charge in [0.05, 0.1) is 6.04 Å². The van der Waals surface area contributed by atoms with Crippen LogP contribution in [0, 0.1) is 0 Å². The highest BCUT2D eigenvalue weighted by Gasteiger charge is 2.14. The number of amides is 2. The van der Waals surface area contributed by atoms with Crippen LogP contribution in [0.5, 0.6) is 0 Å². The molecule has 1 atom stereocenters. The van der Waals surface area contributed by atoms with Crippen molar-refractivity contribution >= 4 is 23.2 Å². The van der Waals surface area contributed by atoms with Gasteiger partial charge in [0.15, 0.2) is 0 Å². The van der Waals surface area contributed by atoms with Gasteiger partial charge in [0.1, 0.15) is 0 Å². The van der Waals surface area contributed by atoms with Crippen molar-refractivity contribution in [1.82, 2.24) is 15.5 Å². The van der Waals surface area contributed by atoms with Gasteiger partial charge in [-0.3, -0.25) is 9.59 Å². The molecule has 0 fully saturated rings. The lowest BCUT2D eigenvalue weighted by Crippen LogP contribution is -2.35. The second kappa shape index (κ2) is 9.96. The van der Waals surface area contributed by atoms with Crippen LogP contribution < -0.4 is 10.6 Å². The Labute approximate surface area is 153 Å². The molecular weight excluding hydrogens is 334 g/mol. The molecule has 0 aliphatic rings. The van der Waals surface area contributed by atoms with Gasteiger partial charge in [-0.1, -0.05) is 30.3 Å². The smallest absolute Gasteiger partial charge is 0.252 e. The van der Waals surface area contributed by atoms with E-state index in [1.54, 1.807) is 6.07 Å². The van der Waals surface area contributed by atoms with Gasteiger partial charge in [0, 0.05) is 30.5 Å². The molecule has 2 N–H and O–H groups in total. The maximum Gasteiger partial charge on any atom is 0.252 e. The molecule has 5 nitrogen and oxygen atoms in total. The van der Waals surface area contributed by atoms with E-state index in [0.29, 0.717) is 31.5 Å². The average Bonchev–Trinajstić information content (AvgIpc) is 3.14. The van der Waals surface area contributed by atoms with Crippen LogP contribution in [0.25, 0.3) is 0 Å². The highest BCUT2D eigenvalue weighted by atomic mass is 32.1. The van der Waals surface area contributed by atoms with E-state index in [4.69, 9.17) is 0 Å². The third-order valence-electron chi connectivity index (χ3n) is 3.95. The van der Waals surface area contributed by atoms with E-state index in [-0.39, 0.29) is 17.9 Å². The molecular formula is C19H25N3O2S. The van der Waals surface area contributed by atoms with Gasteiger partial charge in [0.25, 0.3) is 5.91 Å². The van der Waals surface area contributed by atoms with Gasteiger partial charge in [0.2, 0.25) is 5.91 Å². The summed E-state index contributed by atoms with van der Waals surface area (Å²) in [7, 11) is 4.01. The Morgan fingerprint density at radius 2 is 1.88 bits per heavy atom. The Morgan fingerprint density at radius 3 is 2.52 bits per heavy atom. The molecule has 6 heteroatoms. The first-order valence-corrected chi connectivity index (χ1v) is 9.30. The van der Waals surface area contributed by atoms with Crippen LogP contribution in [0.1, 0.15) is 34.8 Å². The van der Waals surface area contributed by atoms with Gasteiger partial charge >= 0.3 is 0 Å². The molecule has 2 aromatic rings. The molecule has 134 valence electrons. The summed E-state index contributed by atoms with van der Waals surface area (Å²) in [5, 5.41) is 9.50. The number of benzene rings is 1. The van der Waals surface area contributed by atoms with Crippen LogP contribution in [-0.4, -0.2) is 43.9 Å². The van der Waals surface area contributed by atoms with Crippen LogP contribution in [0.15, 0.2) is 47.2 Å². The predicted octanol–water partition coefficient (Wildman–Crippen LogP) is 2.68. The fraction of sp³-hybridized carbons (Fsp3) is 0.368. The molecule has 0 saturated carbocycles. The minimum Gasteiger partial charge on any atom is -0.354 e. The van der Waals surface area contributed by atoms with Gasteiger partial charge < -0.3 is 15.5 Å². The molecule has 0 saturated heterocycles. The molecule has 0 radical (unpaired) electrons. The number of rotatable bonds is 9. The Bertz CT molecular complexity index is 657. The second-order valence-corrected chi connectivity index (χ2v) is 6.85. The van der Waals surface area contributed by atoms with Gasteiger partial charge in [-0.25, -0.2) is 0 Å². The summed E-state index contributed by atoms with van der Waals surface area (Å²) in [5.74, 6) is -0.0778. The summed E-state index contributed by atoms with van der Waals surface area (Å²) in [6.07, 6.45) is 1.03. The van der Waals surface area contributed by atoms with Gasteiger partial charge in [-0.15, -0.1) is 0 Å². The predicted molar refractivity (Wildman–Crippen MR) is 102 cm³/mol. The fourth-order valence-electron chi connectivity index (χ4n) is 2.52. The van der Waals surface area contributed by atoms with Gasteiger partial charge in [-0.2, -0.15) is 11.3 Å². The zero-order chi connectivity index (χ0) is 18.1. The lowest BCUT2D eigenvalue weighted by molar-refractivity contribution is -0.121. The van der Waals surface area contributed by atoms with E-state index in [2.05, 4.69) is 27.7 Å². The van der Waals surface area contributed by atoms with E-state index in [1.165, 1.54) is 16.9 Å². The number of carbonyl (C=O) groups is 2. The van der Waals surface area contributed by atoms with Crippen molar-refractivity contribution in [2.45, 2.75) is 18.9 Å². The maximum atomic E-state index is 12.0. The normalized spacial score (nSPS) is 12.0. The lowest BCUT2D eigenvalue weighted by atomic mass is 10.1. The summed E-state index contributed by atoms with van der Waals surface area (Å²) >= 11 is 1.49. The van der Waals surface area contributed by atoms with Crippen LogP contribution in [0.4, 0.5) is 0 Å². The number of carbonyl (C=O) groups excluding carboxylic acids is 2. The maximum absolute atomic E-state index is 12.0. The monoisotopic (exact) mass is 359 g/mol. The number of thiophene rings is 1. The zero-order valence-corrected chi connectivity index (χ0v) is 15.5. The van der Waals surface area contributed by atoms with Crippen molar-refractivity contribution in [1.29, 1.82) is 0 Å². The number of hydrogen-bond acceptors (Lipinski definition) is 4. The van der Waals surface area contributed by atoms with E-state index >= 15 is 0 Å². The molecule has 0 spiro atoms. The first-order chi connectivity index (χ1) is 12.1. The molecule has 25 heavy (non-hydrogen) atoms.